The van der Waals surface area contributed by atoms with Gasteiger partial charge in [0.2, 0.25) is 0 Å². The molecule has 0 saturated heterocycles. The maximum atomic E-state index is 11.6. The summed E-state index contributed by atoms with van der Waals surface area (Å²) in [6.45, 7) is 2.05. The Kier molecular flexibility index (Phi) is 2.79. The normalized spacial score (nSPS) is 10.8. The van der Waals surface area contributed by atoms with E-state index in [9.17, 15) is 4.79 Å². The van der Waals surface area contributed by atoms with Crippen molar-refractivity contribution in [3.05, 3.63) is 52.8 Å². The molecular weight excluding hydrogens is 240 g/mol. The van der Waals surface area contributed by atoms with Gasteiger partial charge >= 0.3 is 0 Å². The van der Waals surface area contributed by atoms with Crippen LogP contribution in [0.4, 0.5) is 0 Å². The zero-order valence-electron chi connectivity index (χ0n) is 10.4. The second-order valence-electron chi connectivity index (χ2n) is 4.19. The van der Waals surface area contributed by atoms with Crippen LogP contribution in [0.5, 0.6) is 0 Å². The number of hydrogen-bond donors (Lipinski definition) is 1. The highest BCUT2D eigenvalue weighted by molar-refractivity contribution is 5.81. The Morgan fingerprint density at radius 2 is 2.11 bits per heavy atom. The monoisotopic (exact) mass is 252 g/mol. The Morgan fingerprint density at radius 3 is 2.95 bits per heavy atom. The SMILES string of the molecule is CCc1ccnc(-c2ccc3c(=O)[nH]cnc3c2)n1. The van der Waals surface area contributed by atoms with Gasteiger partial charge < -0.3 is 4.98 Å². The van der Waals surface area contributed by atoms with Gasteiger partial charge in [-0.1, -0.05) is 13.0 Å². The van der Waals surface area contributed by atoms with E-state index < -0.39 is 0 Å². The molecule has 0 fully saturated rings. The van der Waals surface area contributed by atoms with Crippen LogP contribution < -0.4 is 5.56 Å². The molecule has 1 aromatic carbocycles. The van der Waals surface area contributed by atoms with E-state index in [2.05, 4.69) is 19.9 Å². The maximum Gasteiger partial charge on any atom is 0.258 e. The number of aromatic nitrogens is 4. The molecule has 0 radical (unpaired) electrons. The number of aryl methyl sites for hydroxylation is 1. The van der Waals surface area contributed by atoms with Crippen molar-refractivity contribution in [2.45, 2.75) is 13.3 Å². The number of H-pyrrole nitrogens is 1. The molecule has 0 spiro atoms. The van der Waals surface area contributed by atoms with Gasteiger partial charge in [-0.05, 0) is 24.6 Å². The van der Waals surface area contributed by atoms with Gasteiger partial charge in [-0.3, -0.25) is 4.79 Å². The van der Waals surface area contributed by atoms with Crippen molar-refractivity contribution >= 4 is 10.9 Å². The van der Waals surface area contributed by atoms with Crippen LogP contribution in [-0.4, -0.2) is 19.9 Å². The average Bonchev–Trinajstić information content (AvgIpc) is 2.47. The van der Waals surface area contributed by atoms with Crippen molar-refractivity contribution in [3.8, 4) is 11.4 Å². The molecule has 0 unspecified atom stereocenters. The van der Waals surface area contributed by atoms with Crippen LogP contribution in [0.1, 0.15) is 12.6 Å². The summed E-state index contributed by atoms with van der Waals surface area (Å²) in [4.78, 5) is 27.0. The summed E-state index contributed by atoms with van der Waals surface area (Å²) < 4.78 is 0. The molecule has 2 aromatic heterocycles. The third kappa shape index (κ3) is 2.10. The average molecular weight is 252 g/mol. The highest BCUT2D eigenvalue weighted by Crippen LogP contribution is 2.18. The van der Waals surface area contributed by atoms with Gasteiger partial charge in [0.25, 0.3) is 5.56 Å². The van der Waals surface area contributed by atoms with Crippen LogP contribution in [-0.2, 0) is 6.42 Å². The van der Waals surface area contributed by atoms with Crippen LogP contribution in [0.25, 0.3) is 22.3 Å². The Bertz CT molecular complexity index is 795. The molecule has 0 aliphatic heterocycles. The lowest BCUT2D eigenvalue weighted by Crippen LogP contribution is -2.06. The summed E-state index contributed by atoms with van der Waals surface area (Å²) in [5.41, 5.74) is 2.36. The molecule has 5 nitrogen and oxygen atoms in total. The maximum absolute atomic E-state index is 11.6. The summed E-state index contributed by atoms with van der Waals surface area (Å²) >= 11 is 0. The number of nitrogens with one attached hydrogen (secondary N) is 1. The minimum atomic E-state index is -0.139. The van der Waals surface area contributed by atoms with Crippen LogP contribution in [0.15, 0.2) is 41.6 Å². The minimum absolute atomic E-state index is 0.139. The van der Waals surface area contributed by atoms with E-state index in [1.807, 2.05) is 25.1 Å². The Morgan fingerprint density at radius 1 is 1.21 bits per heavy atom. The van der Waals surface area contributed by atoms with Crippen molar-refractivity contribution in [1.82, 2.24) is 19.9 Å². The number of benzene rings is 1. The molecule has 0 aliphatic rings. The Balaban J connectivity index is 2.17. The largest absolute Gasteiger partial charge is 0.313 e. The van der Waals surface area contributed by atoms with Gasteiger partial charge in [-0.2, -0.15) is 0 Å². The summed E-state index contributed by atoms with van der Waals surface area (Å²) in [6, 6.07) is 7.32. The fraction of sp³-hybridized carbons (Fsp3) is 0.143. The first-order valence-electron chi connectivity index (χ1n) is 6.07. The van der Waals surface area contributed by atoms with Gasteiger partial charge in [0.05, 0.1) is 17.2 Å². The van der Waals surface area contributed by atoms with E-state index >= 15 is 0 Å². The fourth-order valence-corrected chi connectivity index (χ4v) is 1.94. The number of nitrogens with zero attached hydrogens (tertiary/aromatic N) is 3. The number of rotatable bonds is 2. The lowest BCUT2D eigenvalue weighted by Gasteiger charge is -2.03. The molecule has 0 saturated carbocycles. The topological polar surface area (TPSA) is 71.5 Å². The lowest BCUT2D eigenvalue weighted by molar-refractivity contribution is 1.01. The van der Waals surface area contributed by atoms with Crippen LogP contribution in [0.2, 0.25) is 0 Å². The molecule has 5 heteroatoms. The smallest absolute Gasteiger partial charge is 0.258 e. The summed E-state index contributed by atoms with van der Waals surface area (Å²) in [5.74, 6) is 0.656. The molecular formula is C14H12N4O. The molecule has 0 bridgehead atoms. The predicted octanol–water partition coefficient (Wildman–Crippen LogP) is 1.94. The second kappa shape index (κ2) is 4.61. The van der Waals surface area contributed by atoms with Gasteiger partial charge in [-0.15, -0.1) is 0 Å². The van der Waals surface area contributed by atoms with E-state index in [4.69, 9.17) is 0 Å². The van der Waals surface area contributed by atoms with Gasteiger partial charge in [0, 0.05) is 17.5 Å². The van der Waals surface area contributed by atoms with Crippen LogP contribution >= 0.6 is 0 Å². The van der Waals surface area contributed by atoms with Gasteiger partial charge in [0.15, 0.2) is 5.82 Å². The molecule has 3 aromatic rings. The minimum Gasteiger partial charge on any atom is -0.313 e. The third-order valence-corrected chi connectivity index (χ3v) is 2.98. The quantitative estimate of drug-likeness (QED) is 0.756. The van der Waals surface area contributed by atoms with Crippen molar-refractivity contribution in [3.63, 3.8) is 0 Å². The highest BCUT2D eigenvalue weighted by Gasteiger charge is 2.05. The molecule has 2 heterocycles. The van der Waals surface area contributed by atoms with Gasteiger partial charge in [0.1, 0.15) is 0 Å². The van der Waals surface area contributed by atoms with Crippen molar-refractivity contribution in [2.24, 2.45) is 0 Å². The molecule has 0 atom stereocenters. The first kappa shape index (κ1) is 11.5. The molecule has 19 heavy (non-hydrogen) atoms. The fourth-order valence-electron chi connectivity index (χ4n) is 1.94. The predicted molar refractivity (Wildman–Crippen MR) is 72.8 cm³/mol. The number of fused-ring (bicyclic) bond motifs is 1. The molecule has 1 N–H and O–H groups in total. The molecule has 0 aliphatic carbocycles. The van der Waals surface area contributed by atoms with Crippen molar-refractivity contribution in [1.29, 1.82) is 0 Å². The summed E-state index contributed by atoms with van der Waals surface area (Å²) in [5, 5.41) is 0.567. The zero-order valence-corrected chi connectivity index (χ0v) is 10.4. The van der Waals surface area contributed by atoms with E-state index in [1.54, 1.807) is 12.3 Å². The Labute approximate surface area is 109 Å². The van der Waals surface area contributed by atoms with Crippen LogP contribution in [0.3, 0.4) is 0 Å². The van der Waals surface area contributed by atoms with E-state index in [1.165, 1.54) is 6.33 Å². The Hall–Kier alpha value is -2.56. The first-order valence-corrected chi connectivity index (χ1v) is 6.07. The highest BCUT2D eigenvalue weighted by atomic mass is 16.1. The molecule has 3 rings (SSSR count). The zero-order chi connectivity index (χ0) is 13.2. The number of aromatic amines is 1. The standard InChI is InChI=1S/C14H12N4O/c1-2-10-5-6-15-13(18-10)9-3-4-11-12(7-9)16-8-17-14(11)19/h3-8H,2H2,1H3,(H,16,17,19). The first-order chi connectivity index (χ1) is 9.28. The third-order valence-electron chi connectivity index (χ3n) is 2.98. The van der Waals surface area contributed by atoms with E-state index in [-0.39, 0.29) is 5.56 Å². The van der Waals surface area contributed by atoms with E-state index in [0.29, 0.717) is 16.7 Å². The molecule has 94 valence electrons. The summed E-state index contributed by atoms with van der Waals surface area (Å²) in [6.07, 6.45) is 4.01. The second-order valence-corrected chi connectivity index (χ2v) is 4.19. The van der Waals surface area contributed by atoms with E-state index in [0.717, 1.165) is 17.7 Å². The van der Waals surface area contributed by atoms with Gasteiger partial charge in [-0.25, -0.2) is 15.0 Å². The molecule has 0 amide bonds. The van der Waals surface area contributed by atoms with Crippen molar-refractivity contribution < 1.29 is 0 Å². The van der Waals surface area contributed by atoms with Crippen molar-refractivity contribution in [2.75, 3.05) is 0 Å². The lowest BCUT2D eigenvalue weighted by atomic mass is 10.1. The van der Waals surface area contributed by atoms with Crippen LogP contribution in [0, 0.1) is 0 Å². The number of hydrogen-bond acceptors (Lipinski definition) is 4. The summed E-state index contributed by atoms with van der Waals surface area (Å²) in [7, 11) is 0.